The maximum atomic E-state index is 13.4. The van der Waals surface area contributed by atoms with E-state index < -0.39 is 23.9 Å². The second-order valence-electron chi connectivity index (χ2n) is 6.70. The van der Waals surface area contributed by atoms with Gasteiger partial charge in [-0.3, -0.25) is 9.78 Å². The molecule has 1 aliphatic heterocycles. The molecule has 0 bridgehead atoms. The molecule has 11 heteroatoms. The molecule has 0 spiro atoms. The lowest BCUT2D eigenvalue weighted by Crippen LogP contribution is -2.49. The summed E-state index contributed by atoms with van der Waals surface area (Å²) < 4.78 is 54.8. The lowest BCUT2D eigenvalue weighted by molar-refractivity contribution is -0.152. The SMILES string of the molecule is O=C(Nc1cncc(F)c1)c1cnn2ccc(N3CCCCC3C(F)(F)F)nc12. The summed E-state index contributed by atoms with van der Waals surface area (Å²) in [4.78, 5) is 21.7. The summed E-state index contributed by atoms with van der Waals surface area (Å²) in [6.07, 6.45) is 1.71. The summed E-state index contributed by atoms with van der Waals surface area (Å²) in [5.41, 5.74) is 0.297. The number of rotatable bonds is 3. The summed E-state index contributed by atoms with van der Waals surface area (Å²) >= 11 is 0. The van der Waals surface area contributed by atoms with Crippen molar-refractivity contribution in [2.75, 3.05) is 16.8 Å². The summed E-state index contributed by atoms with van der Waals surface area (Å²) in [7, 11) is 0. The van der Waals surface area contributed by atoms with E-state index in [4.69, 9.17) is 0 Å². The molecule has 29 heavy (non-hydrogen) atoms. The molecule has 3 aromatic rings. The maximum Gasteiger partial charge on any atom is 0.408 e. The van der Waals surface area contributed by atoms with Gasteiger partial charge in [0.25, 0.3) is 5.91 Å². The zero-order valence-corrected chi connectivity index (χ0v) is 15.0. The molecule has 0 saturated carbocycles. The molecule has 1 fully saturated rings. The molecule has 7 nitrogen and oxygen atoms in total. The van der Waals surface area contributed by atoms with E-state index in [0.29, 0.717) is 12.8 Å². The molecule has 4 heterocycles. The molecule has 1 saturated heterocycles. The van der Waals surface area contributed by atoms with Crippen molar-refractivity contribution < 1.29 is 22.4 Å². The first-order valence-corrected chi connectivity index (χ1v) is 8.92. The van der Waals surface area contributed by atoms with Crippen molar-refractivity contribution in [3.8, 4) is 0 Å². The Morgan fingerprint density at radius 1 is 1.21 bits per heavy atom. The van der Waals surface area contributed by atoms with Crippen LogP contribution in [0.5, 0.6) is 0 Å². The van der Waals surface area contributed by atoms with Crippen LogP contribution in [-0.4, -0.2) is 44.3 Å². The number of nitrogens with one attached hydrogen (secondary N) is 1. The molecule has 1 aliphatic rings. The Morgan fingerprint density at radius 3 is 2.79 bits per heavy atom. The van der Waals surface area contributed by atoms with Crippen molar-refractivity contribution in [1.29, 1.82) is 0 Å². The van der Waals surface area contributed by atoms with Crippen molar-refractivity contribution in [3.05, 3.63) is 48.3 Å². The fourth-order valence-corrected chi connectivity index (χ4v) is 3.40. The van der Waals surface area contributed by atoms with Crippen LogP contribution in [0.15, 0.2) is 36.9 Å². The fourth-order valence-electron chi connectivity index (χ4n) is 3.40. The van der Waals surface area contributed by atoms with Crippen molar-refractivity contribution in [2.24, 2.45) is 0 Å². The van der Waals surface area contributed by atoms with Crippen LogP contribution in [0.2, 0.25) is 0 Å². The highest BCUT2D eigenvalue weighted by Crippen LogP contribution is 2.34. The highest BCUT2D eigenvalue weighted by molar-refractivity contribution is 6.08. The average molecular weight is 408 g/mol. The molecule has 3 aromatic heterocycles. The molecule has 1 unspecified atom stereocenters. The number of carbonyl (C=O) groups is 1. The topological polar surface area (TPSA) is 75.4 Å². The normalized spacial score (nSPS) is 17.5. The van der Waals surface area contributed by atoms with Crippen LogP contribution in [0.1, 0.15) is 29.6 Å². The minimum absolute atomic E-state index is 0.00443. The van der Waals surface area contributed by atoms with Gasteiger partial charge in [0, 0.05) is 18.8 Å². The van der Waals surface area contributed by atoms with Gasteiger partial charge in [0.1, 0.15) is 23.2 Å². The number of nitrogens with zero attached hydrogens (tertiary/aromatic N) is 5. The Hall–Kier alpha value is -3.24. The Bertz CT molecular complexity index is 1050. The van der Waals surface area contributed by atoms with Crippen LogP contribution in [0.25, 0.3) is 5.65 Å². The Balaban J connectivity index is 1.66. The molecule has 1 amide bonds. The van der Waals surface area contributed by atoms with Gasteiger partial charge in [0.2, 0.25) is 0 Å². The molecule has 0 aromatic carbocycles. The summed E-state index contributed by atoms with van der Waals surface area (Å²) in [5.74, 6) is -1.11. The number of carbonyl (C=O) groups excluding carboxylic acids is 1. The highest BCUT2D eigenvalue weighted by atomic mass is 19.4. The first-order valence-electron chi connectivity index (χ1n) is 8.92. The van der Waals surface area contributed by atoms with Gasteiger partial charge in [0.05, 0.1) is 24.3 Å². The fraction of sp³-hybridized carbons (Fsp3) is 0.333. The summed E-state index contributed by atoms with van der Waals surface area (Å²) in [6, 6.07) is 0.920. The molecule has 0 radical (unpaired) electrons. The maximum absolute atomic E-state index is 13.4. The Labute approximate surface area is 162 Å². The zero-order chi connectivity index (χ0) is 20.6. The van der Waals surface area contributed by atoms with Crippen LogP contribution >= 0.6 is 0 Å². The van der Waals surface area contributed by atoms with E-state index in [-0.39, 0.29) is 35.7 Å². The minimum atomic E-state index is -4.38. The number of piperidine rings is 1. The van der Waals surface area contributed by atoms with Gasteiger partial charge in [-0.15, -0.1) is 0 Å². The predicted molar refractivity (Wildman–Crippen MR) is 96.2 cm³/mol. The van der Waals surface area contributed by atoms with E-state index in [1.54, 1.807) is 0 Å². The Morgan fingerprint density at radius 2 is 2.03 bits per heavy atom. The number of amides is 1. The summed E-state index contributed by atoms with van der Waals surface area (Å²) in [6.45, 7) is 0.220. The second-order valence-corrected chi connectivity index (χ2v) is 6.70. The number of anilines is 2. The molecule has 152 valence electrons. The van der Waals surface area contributed by atoms with E-state index >= 15 is 0 Å². The Kier molecular flexibility index (Phi) is 4.81. The second kappa shape index (κ2) is 7.30. The lowest BCUT2D eigenvalue weighted by Gasteiger charge is -2.37. The summed E-state index contributed by atoms with van der Waals surface area (Å²) in [5, 5.41) is 6.50. The first-order chi connectivity index (χ1) is 13.8. The van der Waals surface area contributed by atoms with Gasteiger partial charge in [-0.2, -0.15) is 18.3 Å². The third kappa shape index (κ3) is 3.84. The lowest BCUT2D eigenvalue weighted by atomic mass is 10.0. The van der Waals surface area contributed by atoms with E-state index in [1.807, 2.05) is 0 Å². The van der Waals surface area contributed by atoms with E-state index in [0.717, 1.165) is 12.3 Å². The predicted octanol–water partition coefficient (Wildman–Crippen LogP) is 3.44. The van der Waals surface area contributed by atoms with Crippen molar-refractivity contribution in [3.63, 3.8) is 0 Å². The van der Waals surface area contributed by atoms with Crippen molar-refractivity contribution in [2.45, 2.75) is 31.5 Å². The molecule has 0 aliphatic carbocycles. The molecule has 1 atom stereocenters. The highest BCUT2D eigenvalue weighted by Gasteiger charge is 2.45. The third-order valence-corrected chi connectivity index (χ3v) is 4.74. The van der Waals surface area contributed by atoms with Crippen LogP contribution in [0.3, 0.4) is 0 Å². The largest absolute Gasteiger partial charge is 0.408 e. The van der Waals surface area contributed by atoms with Gasteiger partial charge >= 0.3 is 6.18 Å². The van der Waals surface area contributed by atoms with E-state index in [9.17, 15) is 22.4 Å². The number of aromatic nitrogens is 4. The van der Waals surface area contributed by atoms with Crippen molar-refractivity contribution >= 4 is 23.1 Å². The minimum Gasteiger partial charge on any atom is -0.344 e. The zero-order valence-electron chi connectivity index (χ0n) is 15.0. The van der Waals surface area contributed by atoms with Crippen LogP contribution in [0.4, 0.5) is 29.1 Å². The monoisotopic (exact) mass is 408 g/mol. The van der Waals surface area contributed by atoms with Crippen LogP contribution < -0.4 is 10.2 Å². The van der Waals surface area contributed by atoms with Gasteiger partial charge < -0.3 is 10.2 Å². The third-order valence-electron chi connectivity index (χ3n) is 4.74. The van der Waals surface area contributed by atoms with Gasteiger partial charge in [0.15, 0.2) is 5.65 Å². The van der Waals surface area contributed by atoms with Crippen molar-refractivity contribution in [1.82, 2.24) is 19.6 Å². The molecular weight excluding hydrogens is 392 g/mol. The number of fused-ring (bicyclic) bond motifs is 1. The van der Waals surface area contributed by atoms with Gasteiger partial charge in [-0.05, 0) is 25.3 Å². The van der Waals surface area contributed by atoms with E-state index in [1.165, 1.54) is 34.1 Å². The average Bonchev–Trinajstić information content (AvgIpc) is 3.10. The van der Waals surface area contributed by atoms with E-state index in [2.05, 4.69) is 20.4 Å². The number of pyridine rings is 1. The standard InChI is InChI=1S/C18H16F4N6O/c19-11-7-12(9-23-8-11)25-17(29)13-10-24-28-6-4-15(26-16(13)28)27-5-2-1-3-14(27)18(20,21)22/h4,6-10,14H,1-3,5H2,(H,25,29). The number of alkyl halides is 3. The van der Waals surface area contributed by atoms with Gasteiger partial charge in [-0.25, -0.2) is 13.9 Å². The molecule has 4 rings (SSSR count). The van der Waals surface area contributed by atoms with Crippen LogP contribution in [0, 0.1) is 5.82 Å². The first kappa shape index (κ1) is 19.1. The number of hydrogen-bond donors (Lipinski definition) is 1. The molecular formula is C18H16F4N6O. The van der Waals surface area contributed by atoms with Crippen LogP contribution in [-0.2, 0) is 0 Å². The molecule has 1 N–H and O–H groups in total. The van der Waals surface area contributed by atoms with Gasteiger partial charge in [-0.1, -0.05) is 0 Å². The smallest absolute Gasteiger partial charge is 0.344 e. The quantitative estimate of drug-likeness (QED) is 0.672. The number of hydrogen-bond acceptors (Lipinski definition) is 5. The number of halogens is 4.